The van der Waals surface area contributed by atoms with Crippen molar-refractivity contribution >= 4 is 33.7 Å². The van der Waals surface area contributed by atoms with Crippen LogP contribution in [-0.4, -0.2) is 35.1 Å². The SMILES string of the molecule is O=C(CCC(Br)C(=O)c1ccccc1)OC(=O)[C@@H]1CCCN1. The van der Waals surface area contributed by atoms with E-state index in [9.17, 15) is 14.4 Å². The largest absolute Gasteiger partial charge is 0.392 e. The first-order chi connectivity index (χ1) is 10.6. The Labute approximate surface area is 137 Å². The van der Waals surface area contributed by atoms with E-state index in [1.54, 1.807) is 24.3 Å². The zero-order chi connectivity index (χ0) is 15.9. The second-order valence-corrected chi connectivity index (χ2v) is 6.28. The van der Waals surface area contributed by atoms with Crippen LogP contribution in [0.15, 0.2) is 30.3 Å². The van der Waals surface area contributed by atoms with Gasteiger partial charge in [0, 0.05) is 12.0 Å². The van der Waals surface area contributed by atoms with Gasteiger partial charge in [-0.25, -0.2) is 4.79 Å². The molecule has 22 heavy (non-hydrogen) atoms. The van der Waals surface area contributed by atoms with Crippen LogP contribution in [0.2, 0.25) is 0 Å². The van der Waals surface area contributed by atoms with Gasteiger partial charge in [0.05, 0.1) is 4.83 Å². The lowest BCUT2D eigenvalue weighted by atomic mass is 10.1. The Hall–Kier alpha value is -1.53. The fourth-order valence-electron chi connectivity index (χ4n) is 2.28. The predicted octanol–water partition coefficient (Wildman–Crippen LogP) is 2.23. The molecule has 2 rings (SSSR count). The second-order valence-electron chi connectivity index (χ2n) is 5.18. The van der Waals surface area contributed by atoms with Gasteiger partial charge in [-0.15, -0.1) is 0 Å². The van der Waals surface area contributed by atoms with Gasteiger partial charge < -0.3 is 10.1 Å². The summed E-state index contributed by atoms with van der Waals surface area (Å²) in [4.78, 5) is 35.0. The number of Topliss-reactive ketones (excluding diaryl/α,β-unsaturated/α-hetero) is 1. The first-order valence-electron chi connectivity index (χ1n) is 7.29. The van der Waals surface area contributed by atoms with Gasteiger partial charge in [0.1, 0.15) is 6.04 Å². The summed E-state index contributed by atoms with van der Waals surface area (Å²) >= 11 is 3.29. The summed E-state index contributed by atoms with van der Waals surface area (Å²) in [5, 5.41) is 2.98. The summed E-state index contributed by atoms with van der Waals surface area (Å²) in [6.45, 7) is 0.767. The number of ether oxygens (including phenoxy) is 1. The summed E-state index contributed by atoms with van der Waals surface area (Å²) in [5.74, 6) is -1.20. The quantitative estimate of drug-likeness (QED) is 0.361. The van der Waals surface area contributed by atoms with Gasteiger partial charge in [-0.05, 0) is 25.8 Å². The van der Waals surface area contributed by atoms with E-state index in [1.165, 1.54) is 0 Å². The molecule has 6 heteroatoms. The lowest BCUT2D eigenvalue weighted by Gasteiger charge is -2.10. The molecule has 0 aliphatic carbocycles. The Morgan fingerprint density at radius 2 is 2.00 bits per heavy atom. The molecule has 1 N–H and O–H groups in total. The third-order valence-electron chi connectivity index (χ3n) is 3.50. The lowest BCUT2D eigenvalue weighted by Crippen LogP contribution is -2.34. The molecule has 1 saturated heterocycles. The highest BCUT2D eigenvalue weighted by Crippen LogP contribution is 2.16. The van der Waals surface area contributed by atoms with Crippen LogP contribution in [0.3, 0.4) is 0 Å². The average molecular weight is 368 g/mol. The highest BCUT2D eigenvalue weighted by atomic mass is 79.9. The number of benzene rings is 1. The van der Waals surface area contributed by atoms with Crippen molar-refractivity contribution in [3.8, 4) is 0 Å². The lowest BCUT2D eigenvalue weighted by molar-refractivity contribution is -0.160. The van der Waals surface area contributed by atoms with Gasteiger partial charge in [-0.1, -0.05) is 46.3 Å². The highest BCUT2D eigenvalue weighted by molar-refractivity contribution is 9.10. The first kappa shape index (κ1) is 16.8. The van der Waals surface area contributed by atoms with Crippen LogP contribution in [0.5, 0.6) is 0 Å². The Kier molecular flexibility index (Phi) is 6.27. The molecule has 1 fully saturated rings. The molecule has 0 amide bonds. The number of rotatable bonds is 6. The van der Waals surface area contributed by atoms with E-state index in [1.807, 2.05) is 6.07 Å². The third-order valence-corrected chi connectivity index (χ3v) is 4.38. The normalized spacial score (nSPS) is 18.7. The van der Waals surface area contributed by atoms with Crippen molar-refractivity contribution in [2.75, 3.05) is 6.54 Å². The average Bonchev–Trinajstić information content (AvgIpc) is 3.07. The van der Waals surface area contributed by atoms with E-state index in [0.717, 1.165) is 13.0 Å². The molecule has 0 radical (unpaired) electrons. The number of carbonyl (C=O) groups excluding carboxylic acids is 3. The summed E-state index contributed by atoms with van der Waals surface area (Å²) < 4.78 is 4.80. The van der Waals surface area contributed by atoms with Crippen molar-refractivity contribution in [2.45, 2.75) is 36.6 Å². The van der Waals surface area contributed by atoms with Crippen molar-refractivity contribution in [1.29, 1.82) is 0 Å². The van der Waals surface area contributed by atoms with Crippen LogP contribution in [0, 0.1) is 0 Å². The summed E-state index contributed by atoms with van der Waals surface area (Å²) in [6.07, 6.45) is 1.91. The number of halogens is 1. The Morgan fingerprint density at radius 3 is 2.64 bits per heavy atom. The molecule has 5 nitrogen and oxygen atoms in total. The smallest absolute Gasteiger partial charge is 0.330 e. The summed E-state index contributed by atoms with van der Waals surface area (Å²) in [7, 11) is 0. The maximum Gasteiger partial charge on any atom is 0.330 e. The number of alkyl halides is 1. The topological polar surface area (TPSA) is 72.5 Å². The van der Waals surface area contributed by atoms with E-state index >= 15 is 0 Å². The second kappa shape index (κ2) is 8.19. The molecule has 1 aromatic carbocycles. The predicted molar refractivity (Wildman–Crippen MR) is 84.8 cm³/mol. The van der Waals surface area contributed by atoms with Gasteiger partial charge in [0.25, 0.3) is 0 Å². The molecule has 0 aromatic heterocycles. The number of ketones is 1. The van der Waals surface area contributed by atoms with Crippen molar-refractivity contribution < 1.29 is 19.1 Å². The standard InChI is InChI=1S/C16H18BrNO4/c17-12(15(20)11-5-2-1-3-6-11)8-9-14(19)22-16(21)13-7-4-10-18-13/h1-3,5-6,12-13,18H,4,7-10H2/t12?,13-/m0/s1. The van der Waals surface area contributed by atoms with Crippen molar-refractivity contribution in [2.24, 2.45) is 0 Å². The van der Waals surface area contributed by atoms with Crippen molar-refractivity contribution in [3.05, 3.63) is 35.9 Å². The van der Waals surface area contributed by atoms with Gasteiger partial charge in [0.15, 0.2) is 5.78 Å². The number of hydrogen-bond donors (Lipinski definition) is 1. The minimum absolute atomic E-state index is 0.0208. The Balaban J connectivity index is 1.75. The van der Waals surface area contributed by atoms with Gasteiger partial charge in [-0.2, -0.15) is 0 Å². The van der Waals surface area contributed by atoms with Crippen LogP contribution >= 0.6 is 15.9 Å². The van der Waals surface area contributed by atoms with Crippen LogP contribution in [0.25, 0.3) is 0 Å². The molecule has 0 bridgehead atoms. The van der Waals surface area contributed by atoms with Crippen LogP contribution < -0.4 is 5.32 Å². The third kappa shape index (κ3) is 4.74. The van der Waals surface area contributed by atoms with E-state index in [4.69, 9.17) is 4.74 Å². The number of carbonyl (C=O) groups is 3. The maximum atomic E-state index is 12.1. The molecule has 1 aromatic rings. The van der Waals surface area contributed by atoms with Gasteiger partial charge >= 0.3 is 11.9 Å². The molecule has 1 aliphatic heterocycles. The Morgan fingerprint density at radius 1 is 1.27 bits per heavy atom. The van der Waals surface area contributed by atoms with Gasteiger partial charge in [-0.3, -0.25) is 9.59 Å². The van der Waals surface area contributed by atoms with Crippen LogP contribution in [0.4, 0.5) is 0 Å². The molecule has 0 saturated carbocycles. The fraction of sp³-hybridized carbons (Fsp3) is 0.438. The number of hydrogen-bond acceptors (Lipinski definition) is 5. The molecule has 1 aliphatic rings. The number of esters is 2. The van der Waals surface area contributed by atoms with Crippen LogP contribution in [-0.2, 0) is 14.3 Å². The van der Waals surface area contributed by atoms with Crippen molar-refractivity contribution in [1.82, 2.24) is 5.32 Å². The van der Waals surface area contributed by atoms with Crippen LogP contribution in [0.1, 0.15) is 36.0 Å². The minimum Gasteiger partial charge on any atom is -0.392 e. The summed E-state index contributed by atoms with van der Waals surface area (Å²) in [6, 6.07) is 8.48. The van der Waals surface area contributed by atoms with E-state index in [0.29, 0.717) is 12.0 Å². The Bertz CT molecular complexity index is 540. The van der Waals surface area contributed by atoms with E-state index in [2.05, 4.69) is 21.2 Å². The monoisotopic (exact) mass is 367 g/mol. The molecule has 1 unspecified atom stereocenters. The zero-order valence-corrected chi connectivity index (χ0v) is 13.7. The minimum atomic E-state index is -0.594. The zero-order valence-electron chi connectivity index (χ0n) is 12.1. The molecular weight excluding hydrogens is 350 g/mol. The maximum absolute atomic E-state index is 12.1. The van der Waals surface area contributed by atoms with E-state index in [-0.39, 0.29) is 24.7 Å². The molecular formula is C16H18BrNO4. The fourth-order valence-corrected chi connectivity index (χ4v) is 2.77. The van der Waals surface area contributed by atoms with Gasteiger partial charge in [0.2, 0.25) is 0 Å². The highest BCUT2D eigenvalue weighted by Gasteiger charge is 2.26. The first-order valence-corrected chi connectivity index (χ1v) is 8.20. The number of nitrogens with one attached hydrogen (secondary N) is 1. The molecule has 0 spiro atoms. The molecule has 118 valence electrons. The molecule has 1 heterocycles. The summed E-state index contributed by atoms with van der Waals surface area (Å²) in [5.41, 5.74) is 0.587. The van der Waals surface area contributed by atoms with E-state index < -0.39 is 16.8 Å². The molecule has 2 atom stereocenters. The van der Waals surface area contributed by atoms with Crippen molar-refractivity contribution in [3.63, 3.8) is 0 Å².